The van der Waals surface area contributed by atoms with Crippen molar-refractivity contribution in [3.8, 4) is 0 Å². The van der Waals surface area contributed by atoms with Crippen molar-refractivity contribution in [2.75, 3.05) is 19.7 Å². The molecule has 8 heteroatoms. The van der Waals surface area contributed by atoms with E-state index in [1.165, 1.54) is 5.31 Å². The highest BCUT2D eigenvalue weighted by molar-refractivity contribution is 7.56. The molecule has 2 N–H and O–H groups in total. The summed E-state index contributed by atoms with van der Waals surface area (Å²) in [5.41, 5.74) is 0. The fourth-order valence-electron chi connectivity index (χ4n) is 1.34. The SMILES string of the molecule is [3H]N1CC([B]P)OC(COC(=O)CCC(=O)O)C1. The van der Waals surface area contributed by atoms with Crippen molar-refractivity contribution in [1.82, 2.24) is 5.31 Å². The maximum Gasteiger partial charge on any atom is 0.306 e. The van der Waals surface area contributed by atoms with Crippen LogP contribution in [0.25, 0.3) is 0 Å². The van der Waals surface area contributed by atoms with Crippen LogP contribution in [0.3, 0.4) is 0 Å². The van der Waals surface area contributed by atoms with Gasteiger partial charge in [0.2, 0.25) is 0 Å². The monoisotopic (exact) mass is 262 g/mol. The first-order chi connectivity index (χ1) is 8.51. The smallest absolute Gasteiger partial charge is 0.306 e. The number of carboxylic acids is 1. The van der Waals surface area contributed by atoms with Crippen molar-refractivity contribution in [3.05, 3.63) is 0 Å². The van der Waals surface area contributed by atoms with E-state index >= 15 is 0 Å². The molecule has 0 saturated carbocycles. The lowest BCUT2D eigenvalue weighted by Crippen LogP contribution is -2.48. The Labute approximate surface area is 104 Å². The number of hydrogen-bond acceptors (Lipinski definition) is 5. The number of carbonyl (C=O) groups is 2. The van der Waals surface area contributed by atoms with Gasteiger partial charge in [0.15, 0.2) is 7.00 Å². The molecule has 1 fully saturated rings. The van der Waals surface area contributed by atoms with Gasteiger partial charge in [0.05, 0.1) is 12.8 Å². The first-order valence-electron chi connectivity index (χ1n) is 5.77. The molecule has 0 bridgehead atoms. The van der Waals surface area contributed by atoms with E-state index in [0.717, 1.165) is 0 Å². The maximum atomic E-state index is 11.2. The van der Waals surface area contributed by atoms with E-state index in [-0.39, 0.29) is 31.6 Å². The average molecular weight is 262 g/mol. The maximum absolute atomic E-state index is 11.2. The molecule has 1 aliphatic rings. The number of rotatable bonds is 6. The number of esters is 1. The third-order valence-corrected chi connectivity index (χ3v) is 2.63. The zero-order valence-corrected chi connectivity index (χ0v) is 10.5. The molecule has 17 heavy (non-hydrogen) atoms. The number of hydrogen-bond donors (Lipinski definition) is 2. The van der Waals surface area contributed by atoms with E-state index in [1.807, 2.05) is 0 Å². The summed E-state index contributed by atoms with van der Waals surface area (Å²) in [6, 6.07) is -0.177. The van der Waals surface area contributed by atoms with E-state index in [4.69, 9.17) is 16.0 Å². The van der Waals surface area contributed by atoms with Gasteiger partial charge in [-0.3, -0.25) is 9.59 Å². The summed E-state index contributed by atoms with van der Waals surface area (Å²) in [5, 5.41) is 9.76. The normalized spacial score (nSPS) is 26.1. The van der Waals surface area contributed by atoms with Crippen LogP contribution in [0.15, 0.2) is 0 Å². The Morgan fingerprint density at radius 2 is 2.35 bits per heavy atom. The summed E-state index contributed by atoms with van der Waals surface area (Å²) in [5.74, 6) is -1.59. The van der Waals surface area contributed by atoms with E-state index in [1.54, 1.807) is 7.00 Å². The molecule has 0 amide bonds. The minimum atomic E-state index is -1.03. The van der Waals surface area contributed by atoms with Gasteiger partial charge in [0, 0.05) is 19.1 Å². The lowest BCUT2D eigenvalue weighted by atomic mass is 9.96. The van der Waals surface area contributed by atoms with E-state index in [9.17, 15) is 9.59 Å². The van der Waals surface area contributed by atoms with Crippen LogP contribution in [0.2, 0.25) is 1.41 Å². The number of ether oxygens (including phenoxy) is 2. The average Bonchev–Trinajstić information content (AvgIpc) is 2.33. The van der Waals surface area contributed by atoms with E-state index in [0.29, 0.717) is 13.1 Å². The molecule has 0 aromatic rings. The van der Waals surface area contributed by atoms with Crippen molar-refractivity contribution in [3.63, 3.8) is 0 Å². The predicted molar refractivity (Wildman–Crippen MR) is 64.8 cm³/mol. The fraction of sp³-hybridized carbons (Fsp3) is 0.778. The molecule has 6 nitrogen and oxygen atoms in total. The van der Waals surface area contributed by atoms with Gasteiger partial charge in [0.1, 0.15) is 14.1 Å². The fourth-order valence-corrected chi connectivity index (χ4v) is 1.56. The molecule has 1 radical (unpaired) electrons. The second kappa shape index (κ2) is 7.64. The van der Waals surface area contributed by atoms with E-state index in [2.05, 4.69) is 9.12 Å². The molecule has 95 valence electrons. The van der Waals surface area contributed by atoms with Gasteiger partial charge in [-0.25, -0.2) is 0 Å². The van der Waals surface area contributed by atoms with Crippen molar-refractivity contribution in [2.24, 2.45) is 0 Å². The molecule has 0 aromatic carbocycles. The van der Waals surface area contributed by atoms with Crippen LogP contribution < -0.4 is 5.31 Å². The summed E-state index contributed by atoms with van der Waals surface area (Å²) in [6.07, 6.45) is -0.741. The highest BCUT2D eigenvalue weighted by atomic mass is 31.0. The number of carboxylic acid groups (broad SMARTS) is 1. The molecule has 1 rings (SSSR count). The Bertz CT molecular complexity index is 309. The lowest BCUT2D eigenvalue weighted by molar-refractivity contribution is -0.152. The molecular weight excluding hydrogens is 244 g/mol. The molecule has 1 heterocycles. The Kier molecular flexibility index (Phi) is 5.75. The molecule has 3 atom stereocenters. The molecule has 0 spiro atoms. The van der Waals surface area contributed by atoms with Crippen molar-refractivity contribution in [1.29, 1.82) is 0 Å². The van der Waals surface area contributed by atoms with Gasteiger partial charge in [-0.15, -0.1) is 0 Å². The van der Waals surface area contributed by atoms with Crippen molar-refractivity contribution >= 4 is 28.1 Å². The number of aliphatic carboxylic acids is 1. The molecule has 1 aliphatic heterocycles. The van der Waals surface area contributed by atoms with Gasteiger partial charge in [-0.05, 0) is 0 Å². The number of carbonyl (C=O) groups excluding carboxylic acids is 1. The Morgan fingerprint density at radius 1 is 1.59 bits per heavy atom. The Balaban J connectivity index is 2.25. The topological polar surface area (TPSA) is 84.9 Å². The van der Waals surface area contributed by atoms with E-state index < -0.39 is 11.9 Å². The zero-order valence-electron chi connectivity index (χ0n) is 10.4. The lowest BCUT2D eigenvalue weighted by Gasteiger charge is -2.29. The molecule has 3 unspecified atom stereocenters. The Morgan fingerprint density at radius 3 is 3.00 bits per heavy atom. The second-order valence-corrected chi connectivity index (χ2v) is 4.04. The minimum absolute atomic E-state index is 0.0445. The third kappa shape index (κ3) is 6.01. The van der Waals surface area contributed by atoms with Crippen molar-refractivity contribution in [2.45, 2.75) is 24.9 Å². The first-order valence-corrected chi connectivity index (χ1v) is 5.99. The van der Waals surface area contributed by atoms with Crippen LogP contribution in [0.1, 0.15) is 12.8 Å². The minimum Gasteiger partial charge on any atom is -0.481 e. The summed E-state index contributed by atoms with van der Waals surface area (Å²) >= 11 is 0. The van der Waals surface area contributed by atoms with Gasteiger partial charge < -0.3 is 19.9 Å². The number of nitrogens with one attached hydrogen (secondary N) is 1. The predicted octanol–water partition coefficient (Wildman–Crippen LogP) is -0.797. The van der Waals surface area contributed by atoms with Crippen LogP contribution >= 0.6 is 9.12 Å². The van der Waals surface area contributed by atoms with Crippen LogP contribution in [0.4, 0.5) is 0 Å². The highest BCUT2D eigenvalue weighted by Gasteiger charge is 2.22. The number of morpholine rings is 1. The summed E-state index contributed by atoms with van der Waals surface area (Å²) in [7, 11) is 2.43. The second-order valence-electron chi connectivity index (χ2n) is 3.65. The first kappa shape index (κ1) is 12.8. The summed E-state index contributed by atoms with van der Waals surface area (Å²) in [4.78, 5) is 21.5. The van der Waals surface area contributed by atoms with Gasteiger partial charge in [-0.1, -0.05) is 0 Å². The largest absolute Gasteiger partial charge is 0.481 e. The Hall–Kier alpha value is -0.645. The molecule has 0 aliphatic carbocycles. The molecule has 1 saturated heterocycles. The van der Waals surface area contributed by atoms with Crippen molar-refractivity contribution < 1.29 is 25.6 Å². The van der Waals surface area contributed by atoms with Crippen LogP contribution in [0.5, 0.6) is 0 Å². The molecule has 0 aromatic heterocycles. The standard InChI is InChI=1S/C9H16BNO5P/c12-8(13)1-2-9(14)15-5-6-3-11-4-7(10-17)16-6/h6-7,11H,1-5,17H2,(H,12,13)/i/hT. The quantitative estimate of drug-likeness (QED) is 0.370. The molecular formula is C9H16BNO5P. The van der Waals surface area contributed by atoms with Crippen LogP contribution in [-0.4, -0.2) is 55.8 Å². The van der Waals surface area contributed by atoms with Gasteiger partial charge in [-0.2, -0.15) is 9.12 Å². The third-order valence-electron chi connectivity index (χ3n) is 2.20. The summed E-state index contributed by atoms with van der Waals surface area (Å²) < 4.78 is 18.0. The zero-order chi connectivity index (χ0) is 13.5. The highest BCUT2D eigenvalue weighted by Crippen LogP contribution is 2.06. The van der Waals surface area contributed by atoms with Crippen LogP contribution in [-0.2, 0) is 19.1 Å². The van der Waals surface area contributed by atoms with Gasteiger partial charge >= 0.3 is 11.9 Å². The van der Waals surface area contributed by atoms with Gasteiger partial charge in [0.25, 0.3) is 0 Å². The summed E-state index contributed by atoms with van der Waals surface area (Å²) in [6.45, 7) is 2.65. The van der Waals surface area contributed by atoms with Crippen LogP contribution in [0, 0.1) is 0 Å².